The summed E-state index contributed by atoms with van der Waals surface area (Å²) in [6, 6.07) is 13.3. The summed E-state index contributed by atoms with van der Waals surface area (Å²) in [5.74, 6) is -0.855. The van der Waals surface area contributed by atoms with Crippen LogP contribution in [0.5, 0.6) is 0 Å². The summed E-state index contributed by atoms with van der Waals surface area (Å²) < 4.78 is 40.4. The van der Waals surface area contributed by atoms with Crippen molar-refractivity contribution in [3.05, 3.63) is 65.5 Å². The van der Waals surface area contributed by atoms with E-state index in [2.05, 4.69) is 5.32 Å². The summed E-state index contributed by atoms with van der Waals surface area (Å²) in [7, 11) is -3.86. The lowest BCUT2D eigenvalue weighted by atomic mass is 10.1. The Morgan fingerprint density at radius 3 is 2.32 bits per heavy atom. The lowest BCUT2D eigenvalue weighted by Gasteiger charge is -2.33. The molecule has 0 radical (unpaired) electrons. The first-order valence-electron chi connectivity index (χ1n) is 9.15. The van der Waals surface area contributed by atoms with Gasteiger partial charge in [0.15, 0.2) is 0 Å². The van der Waals surface area contributed by atoms with Crippen LogP contribution in [0, 0.1) is 12.7 Å². The Kier molecular flexibility index (Phi) is 6.43. The normalized spacial score (nSPS) is 16.1. The van der Waals surface area contributed by atoms with Gasteiger partial charge in [-0.05, 0) is 24.6 Å². The fourth-order valence-electron chi connectivity index (χ4n) is 3.09. The van der Waals surface area contributed by atoms with Crippen LogP contribution in [0.4, 0.5) is 4.39 Å². The third-order valence-corrected chi connectivity index (χ3v) is 6.70. The van der Waals surface area contributed by atoms with Crippen molar-refractivity contribution >= 4 is 15.9 Å². The lowest BCUT2D eigenvalue weighted by molar-refractivity contribution is -0.122. The molecule has 1 heterocycles. The number of benzene rings is 2. The van der Waals surface area contributed by atoms with Gasteiger partial charge in [-0.3, -0.25) is 9.69 Å². The highest BCUT2D eigenvalue weighted by molar-refractivity contribution is 7.89. The number of carbonyl (C=O) groups is 1. The summed E-state index contributed by atoms with van der Waals surface area (Å²) in [6.45, 7) is 3.97. The summed E-state index contributed by atoms with van der Waals surface area (Å²) >= 11 is 0. The van der Waals surface area contributed by atoms with Crippen molar-refractivity contribution < 1.29 is 17.6 Å². The Morgan fingerprint density at radius 1 is 1.04 bits per heavy atom. The van der Waals surface area contributed by atoms with Crippen LogP contribution in [0.25, 0.3) is 0 Å². The molecule has 6 nitrogen and oxygen atoms in total. The van der Waals surface area contributed by atoms with Gasteiger partial charge in [0.25, 0.3) is 0 Å². The van der Waals surface area contributed by atoms with Crippen LogP contribution in [-0.4, -0.2) is 56.3 Å². The summed E-state index contributed by atoms with van der Waals surface area (Å²) in [4.78, 5) is 13.8. The molecule has 3 rings (SSSR count). The number of aryl methyl sites for hydroxylation is 1. The Hall–Kier alpha value is -2.29. The van der Waals surface area contributed by atoms with Crippen molar-refractivity contribution in [2.24, 2.45) is 0 Å². The third-order valence-electron chi connectivity index (χ3n) is 4.76. The van der Waals surface area contributed by atoms with Crippen molar-refractivity contribution in [3.63, 3.8) is 0 Å². The Morgan fingerprint density at radius 2 is 1.68 bits per heavy atom. The second-order valence-electron chi connectivity index (χ2n) is 6.87. The number of nitrogens with zero attached hydrogens (tertiary/aromatic N) is 2. The first-order valence-corrected chi connectivity index (χ1v) is 10.6. The van der Waals surface area contributed by atoms with Gasteiger partial charge in [-0.1, -0.05) is 42.0 Å². The van der Waals surface area contributed by atoms with Crippen LogP contribution in [0.15, 0.2) is 53.4 Å². The van der Waals surface area contributed by atoms with Gasteiger partial charge in [0.1, 0.15) is 10.7 Å². The summed E-state index contributed by atoms with van der Waals surface area (Å²) in [5, 5.41) is 2.88. The zero-order valence-corrected chi connectivity index (χ0v) is 16.6. The molecule has 1 fully saturated rings. The molecule has 0 saturated carbocycles. The molecule has 0 spiro atoms. The number of halogens is 1. The van der Waals surface area contributed by atoms with E-state index in [0.29, 0.717) is 19.6 Å². The standard InChI is InChI=1S/C20H24FN3O3S/c1-16-6-8-17(9-7-16)14-22-20(25)15-23-10-12-24(13-11-23)28(26,27)19-5-3-2-4-18(19)21/h2-9H,10-15H2,1H3,(H,22,25). The van der Waals surface area contributed by atoms with E-state index in [0.717, 1.165) is 11.6 Å². The zero-order valence-electron chi connectivity index (χ0n) is 15.8. The molecule has 0 bridgehead atoms. The van der Waals surface area contributed by atoms with Gasteiger partial charge in [-0.15, -0.1) is 0 Å². The van der Waals surface area contributed by atoms with Gasteiger partial charge < -0.3 is 5.32 Å². The highest BCUT2D eigenvalue weighted by Gasteiger charge is 2.30. The fraction of sp³-hybridized carbons (Fsp3) is 0.350. The van der Waals surface area contributed by atoms with Crippen molar-refractivity contribution in [1.29, 1.82) is 0 Å². The minimum atomic E-state index is -3.86. The topological polar surface area (TPSA) is 69.7 Å². The predicted octanol–water partition coefficient (Wildman–Crippen LogP) is 1.76. The molecule has 1 saturated heterocycles. The molecule has 8 heteroatoms. The summed E-state index contributed by atoms with van der Waals surface area (Å²) in [5.41, 5.74) is 2.19. The van der Waals surface area contributed by atoms with E-state index in [4.69, 9.17) is 0 Å². The van der Waals surface area contributed by atoms with E-state index in [1.165, 1.54) is 28.1 Å². The molecule has 150 valence electrons. The van der Waals surface area contributed by atoms with E-state index in [1.54, 1.807) is 0 Å². The highest BCUT2D eigenvalue weighted by atomic mass is 32.2. The van der Waals surface area contributed by atoms with E-state index < -0.39 is 15.8 Å². The maximum absolute atomic E-state index is 13.9. The van der Waals surface area contributed by atoms with Crippen LogP contribution in [-0.2, 0) is 21.4 Å². The van der Waals surface area contributed by atoms with E-state index >= 15 is 0 Å². The number of amides is 1. The predicted molar refractivity (Wildman–Crippen MR) is 105 cm³/mol. The van der Waals surface area contributed by atoms with Gasteiger partial charge in [0.05, 0.1) is 6.54 Å². The molecule has 1 amide bonds. The van der Waals surface area contributed by atoms with Gasteiger partial charge in [0, 0.05) is 32.7 Å². The molecular formula is C20H24FN3O3S. The largest absolute Gasteiger partial charge is 0.351 e. The monoisotopic (exact) mass is 405 g/mol. The number of carbonyl (C=O) groups excluding carboxylic acids is 1. The Balaban J connectivity index is 1.49. The zero-order chi connectivity index (χ0) is 20.1. The van der Waals surface area contributed by atoms with Crippen molar-refractivity contribution in [2.75, 3.05) is 32.7 Å². The van der Waals surface area contributed by atoms with Crippen molar-refractivity contribution in [1.82, 2.24) is 14.5 Å². The average molecular weight is 405 g/mol. The average Bonchev–Trinajstić information content (AvgIpc) is 2.68. The molecule has 0 aliphatic carbocycles. The van der Waals surface area contributed by atoms with E-state index in [9.17, 15) is 17.6 Å². The molecule has 1 N–H and O–H groups in total. The molecule has 2 aromatic rings. The highest BCUT2D eigenvalue weighted by Crippen LogP contribution is 2.20. The van der Waals surface area contributed by atoms with E-state index in [1.807, 2.05) is 36.1 Å². The van der Waals surface area contributed by atoms with E-state index in [-0.39, 0.29) is 30.4 Å². The minimum Gasteiger partial charge on any atom is -0.351 e. The molecule has 2 aromatic carbocycles. The van der Waals surface area contributed by atoms with Crippen molar-refractivity contribution in [2.45, 2.75) is 18.4 Å². The first-order chi connectivity index (χ1) is 13.4. The molecule has 0 atom stereocenters. The second kappa shape index (κ2) is 8.81. The van der Waals surface area contributed by atoms with Gasteiger partial charge in [-0.2, -0.15) is 4.31 Å². The molecule has 0 aromatic heterocycles. The van der Waals surface area contributed by atoms with Crippen LogP contribution in [0.1, 0.15) is 11.1 Å². The molecule has 0 unspecified atom stereocenters. The molecular weight excluding hydrogens is 381 g/mol. The van der Waals surface area contributed by atoms with Crippen LogP contribution in [0.2, 0.25) is 0 Å². The van der Waals surface area contributed by atoms with Crippen LogP contribution in [0.3, 0.4) is 0 Å². The quantitative estimate of drug-likeness (QED) is 0.795. The first kappa shape index (κ1) is 20.4. The number of rotatable bonds is 6. The SMILES string of the molecule is Cc1ccc(CNC(=O)CN2CCN(S(=O)(=O)c3ccccc3F)CC2)cc1. The molecule has 28 heavy (non-hydrogen) atoms. The number of hydrogen-bond acceptors (Lipinski definition) is 4. The second-order valence-corrected chi connectivity index (χ2v) is 8.78. The van der Waals surface area contributed by atoms with Gasteiger partial charge in [0.2, 0.25) is 15.9 Å². The minimum absolute atomic E-state index is 0.106. The number of hydrogen-bond donors (Lipinski definition) is 1. The maximum atomic E-state index is 13.9. The summed E-state index contributed by atoms with van der Waals surface area (Å²) in [6.07, 6.45) is 0. The smallest absolute Gasteiger partial charge is 0.246 e. The third kappa shape index (κ3) is 4.95. The number of piperazine rings is 1. The van der Waals surface area contributed by atoms with Crippen molar-refractivity contribution in [3.8, 4) is 0 Å². The lowest BCUT2D eigenvalue weighted by Crippen LogP contribution is -2.51. The molecule has 1 aliphatic rings. The van der Waals surface area contributed by atoms with Gasteiger partial charge in [-0.25, -0.2) is 12.8 Å². The van der Waals surface area contributed by atoms with Crippen LogP contribution < -0.4 is 5.32 Å². The van der Waals surface area contributed by atoms with Gasteiger partial charge >= 0.3 is 0 Å². The maximum Gasteiger partial charge on any atom is 0.246 e. The molecule has 1 aliphatic heterocycles. The number of nitrogens with one attached hydrogen (secondary N) is 1. The Bertz CT molecular complexity index is 924. The fourth-order valence-corrected chi connectivity index (χ4v) is 4.57. The number of sulfonamides is 1. The van der Waals surface area contributed by atoms with Crippen LogP contribution >= 0.6 is 0 Å². The Labute approximate surface area is 165 Å².